The third-order valence-electron chi connectivity index (χ3n) is 18.3. The van der Waals surface area contributed by atoms with Crippen molar-refractivity contribution < 1.29 is 8.83 Å². The Bertz CT molecular complexity index is 5310. The normalized spacial score (nSPS) is 13.9. The topological polar surface area (TPSA) is 46.0 Å². The zero-order valence-corrected chi connectivity index (χ0v) is 39.2. The van der Waals surface area contributed by atoms with Crippen LogP contribution in [0, 0.1) is 0 Å². The molecule has 0 spiro atoms. The SMILES string of the molecule is c1ccc2c(c1)oc1c2c2c3c4c1c1ccccc1n4-c1cc4c(cc1B3n1c3ccccc3c3cccc-2c31)B1c2c(c3c5ccccc5oc3c3c5ccccc5n-4c23)-c2cccc3c4ccccc4n1c23. The van der Waals surface area contributed by atoms with E-state index in [0.717, 1.165) is 33.1 Å². The number of benzene rings is 11. The molecule has 6 aromatic heterocycles. The number of rotatable bonds is 0. The third-order valence-corrected chi connectivity index (χ3v) is 18.3. The Morgan fingerprint density at radius 3 is 1.18 bits per heavy atom. The highest BCUT2D eigenvalue weighted by Crippen LogP contribution is 2.53. The zero-order chi connectivity index (χ0) is 47.1. The van der Waals surface area contributed by atoms with E-state index in [2.05, 4.69) is 212 Å². The molecule has 4 aliphatic rings. The molecule has 0 unspecified atom stereocenters. The Kier molecular flexibility index (Phi) is 5.80. The van der Waals surface area contributed by atoms with Gasteiger partial charge in [-0.1, -0.05) is 152 Å². The maximum atomic E-state index is 7.20. The lowest BCUT2D eigenvalue weighted by Gasteiger charge is -2.37. The van der Waals surface area contributed by atoms with Gasteiger partial charge in [-0.25, -0.2) is 0 Å². The van der Waals surface area contributed by atoms with Crippen molar-refractivity contribution in [2.45, 2.75) is 0 Å². The number of hydrogen-bond donors (Lipinski definition) is 0. The summed E-state index contributed by atoms with van der Waals surface area (Å²) in [7, 11) is 0. The highest BCUT2D eigenvalue weighted by Gasteiger charge is 2.48. The molecule has 0 saturated heterocycles. The summed E-state index contributed by atoms with van der Waals surface area (Å²) < 4.78 is 25.1. The summed E-state index contributed by atoms with van der Waals surface area (Å²) in [5.41, 5.74) is 26.3. The lowest BCUT2D eigenvalue weighted by Crippen LogP contribution is -2.60. The van der Waals surface area contributed by atoms with Gasteiger partial charge in [0.05, 0.1) is 32.8 Å². The molecule has 4 aliphatic heterocycles. The van der Waals surface area contributed by atoms with Crippen LogP contribution in [0.4, 0.5) is 0 Å². The van der Waals surface area contributed by atoms with Gasteiger partial charge in [0.1, 0.15) is 22.3 Å². The molecule has 0 atom stereocenters. The van der Waals surface area contributed by atoms with Gasteiger partial charge in [-0.15, -0.1) is 0 Å². The van der Waals surface area contributed by atoms with Gasteiger partial charge in [0.2, 0.25) is 0 Å². The first-order chi connectivity index (χ1) is 36.8. The highest BCUT2D eigenvalue weighted by molar-refractivity contribution is 6.94. The Morgan fingerprint density at radius 2 is 0.703 bits per heavy atom. The van der Waals surface area contributed by atoms with Gasteiger partial charge in [-0.05, 0) is 75.4 Å². The lowest BCUT2D eigenvalue weighted by atomic mass is 9.41. The van der Waals surface area contributed by atoms with Gasteiger partial charge in [0, 0.05) is 98.4 Å². The second-order valence-electron chi connectivity index (χ2n) is 21.3. The van der Waals surface area contributed by atoms with Gasteiger partial charge in [-0.3, -0.25) is 0 Å². The minimum absolute atomic E-state index is 0.167. The monoisotopic (exact) mass is 934 g/mol. The van der Waals surface area contributed by atoms with Crippen LogP contribution in [-0.2, 0) is 0 Å². The fourth-order valence-electron chi connectivity index (χ4n) is 15.8. The summed E-state index contributed by atoms with van der Waals surface area (Å²) in [5.74, 6) is 0. The molecule has 8 heteroatoms. The van der Waals surface area contributed by atoms with Crippen molar-refractivity contribution in [3.63, 3.8) is 0 Å². The van der Waals surface area contributed by atoms with E-state index in [9.17, 15) is 0 Å². The zero-order valence-electron chi connectivity index (χ0n) is 39.2. The molecule has 0 amide bonds. The fourth-order valence-corrected chi connectivity index (χ4v) is 15.8. The van der Waals surface area contributed by atoms with E-state index < -0.39 is 0 Å². The van der Waals surface area contributed by atoms with E-state index in [4.69, 9.17) is 8.83 Å². The molecule has 10 heterocycles. The number of nitrogens with zero attached hydrogens (tertiary/aromatic N) is 4. The Hall–Kier alpha value is -9.65. The fraction of sp³-hybridized carbons (Fsp3) is 0. The molecular formula is C66H32B2N4O2. The van der Waals surface area contributed by atoms with Crippen LogP contribution >= 0.6 is 0 Å². The van der Waals surface area contributed by atoms with Crippen LogP contribution in [-0.4, -0.2) is 31.8 Å². The molecule has 21 rings (SSSR count). The summed E-state index contributed by atoms with van der Waals surface area (Å²) >= 11 is 0. The quantitative estimate of drug-likeness (QED) is 0.142. The van der Waals surface area contributed by atoms with Gasteiger partial charge in [0.15, 0.2) is 0 Å². The molecule has 17 aromatic rings. The van der Waals surface area contributed by atoms with Crippen LogP contribution < -0.4 is 21.9 Å². The minimum Gasteiger partial charge on any atom is -0.455 e. The van der Waals surface area contributed by atoms with Crippen molar-refractivity contribution in [3.05, 3.63) is 194 Å². The van der Waals surface area contributed by atoms with Crippen molar-refractivity contribution in [2.75, 3.05) is 0 Å². The standard InChI is InChI=1S/C66H32B2N4O2/c1-9-27-47-33(15-1)35-21-13-23-41-53-55-39-19-5-11-29-51(39)73-65(55)57-37-17-3-7-25-45(37)69-49-32-50-44(31-43(49)67(59(53)63(57)69)71(47)61(35)41)68-60-54(42-24-14-22-36-34-16-2-10-28-48(34)72(68)62(36)42)56-40-20-6-12-30-52(40)74-66(56)58-38-18-4-8-26-46(38)70(50)64(58)60/h1-32H. The van der Waals surface area contributed by atoms with Crippen LogP contribution in [0.1, 0.15) is 0 Å². The summed E-state index contributed by atoms with van der Waals surface area (Å²) in [6.45, 7) is -0.334. The molecule has 0 N–H and O–H groups in total. The van der Waals surface area contributed by atoms with E-state index in [1.165, 1.54) is 153 Å². The predicted molar refractivity (Wildman–Crippen MR) is 307 cm³/mol. The predicted octanol–water partition coefficient (Wildman–Crippen LogP) is 13.8. The summed E-state index contributed by atoms with van der Waals surface area (Å²) in [6.07, 6.45) is 0. The van der Waals surface area contributed by atoms with Crippen molar-refractivity contribution >= 4 is 167 Å². The molecule has 6 nitrogen and oxygen atoms in total. The average Bonchev–Trinajstić information content (AvgIpc) is 4.45. The van der Waals surface area contributed by atoms with Crippen molar-refractivity contribution in [1.82, 2.24) is 18.1 Å². The summed E-state index contributed by atoms with van der Waals surface area (Å²) in [5, 5.41) is 14.5. The number of para-hydroxylation sites is 8. The van der Waals surface area contributed by atoms with Crippen LogP contribution in [0.5, 0.6) is 0 Å². The molecule has 74 heavy (non-hydrogen) atoms. The van der Waals surface area contributed by atoms with E-state index in [0.29, 0.717) is 0 Å². The van der Waals surface area contributed by atoms with Gasteiger partial charge in [-0.2, -0.15) is 0 Å². The maximum absolute atomic E-state index is 7.20. The Labute approximate surface area is 419 Å². The van der Waals surface area contributed by atoms with Crippen molar-refractivity contribution in [1.29, 1.82) is 0 Å². The molecule has 11 aromatic carbocycles. The largest absolute Gasteiger partial charge is 0.455 e. The molecule has 0 fully saturated rings. The summed E-state index contributed by atoms with van der Waals surface area (Å²) in [4.78, 5) is 0. The number of hydrogen-bond acceptors (Lipinski definition) is 2. The van der Waals surface area contributed by atoms with Gasteiger partial charge < -0.3 is 26.9 Å². The first-order valence-corrected chi connectivity index (χ1v) is 25.8. The van der Waals surface area contributed by atoms with E-state index in [1.54, 1.807) is 0 Å². The van der Waals surface area contributed by atoms with E-state index in [1.807, 2.05) is 0 Å². The minimum atomic E-state index is -0.167. The van der Waals surface area contributed by atoms with E-state index >= 15 is 0 Å². The van der Waals surface area contributed by atoms with E-state index in [-0.39, 0.29) is 13.7 Å². The molecular weight excluding hydrogens is 902 g/mol. The first kappa shape index (κ1) is 36.3. The van der Waals surface area contributed by atoms with Crippen LogP contribution in [0.2, 0.25) is 0 Å². The number of aromatic nitrogens is 4. The first-order valence-electron chi connectivity index (χ1n) is 25.8. The maximum Gasteiger partial charge on any atom is 0.333 e. The third kappa shape index (κ3) is 3.69. The number of fused-ring (bicyclic) bond motifs is 32. The number of furan rings is 2. The van der Waals surface area contributed by atoms with Crippen LogP contribution in [0.25, 0.3) is 165 Å². The molecule has 0 radical (unpaired) electrons. The second-order valence-corrected chi connectivity index (χ2v) is 21.3. The smallest absolute Gasteiger partial charge is 0.333 e. The highest BCUT2D eigenvalue weighted by atomic mass is 16.3. The Morgan fingerprint density at radius 1 is 0.311 bits per heavy atom. The molecule has 0 aliphatic carbocycles. The Balaban J connectivity index is 1.03. The van der Waals surface area contributed by atoms with Crippen LogP contribution in [0.15, 0.2) is 203 Å². The lowest BCUT2D eigenvalue weighted by molar-refractivity contribution is 0.672. The van der Waals surface area contributed by atoms with Crippen molar-refractivity contribution in [2.24, 2.45) is 0 Å². The van der Waals surface area contributed by atoms with Gasteiger partial charge in [0.25, 0.3) is 0 Å². The molecule has 334 valence electrons. The van der Waals surface area contributed by atoms with Crippen LogP contribution in [0.3, 0.4) is 0 Å². The molecule has 0 saturated carbocycles. The molecule has 0 bridgehead atoms. The van der Waals surface area contributed by atoms with Crippen molar-refractivity contribution in [3.8, 4) is 33.6 Å². The summed E-state index contributed by atoms with van der Waals surface area (Å²) in [6, 6.07) is 72.8. The second kappa shape index (κ2) is 11.8. The van der Waals surface area contributed by atoms with Gasteiger partial charge >= 0.3 is 13.7 Å². The average molecular weight is 935 g/mol.